The Morgan fingerprint density at radius 2 is 2.07 bits per heavy atom. The van der Waals surface area contributed by atoms with Crippen LogP contribution >= 0.6 is 0 Å². The monoisotopic (exact) mass is 432 g/mol. The maximum atomic E-state index is 12.3. The summed E-state index contributed by atoms with van der Waals surface area (Å²) in [7, 11) is 3.15. The van der Waals surface area contributed by atoms with Gasteiger partial charge in [0.25, 0.3) is 17.1 Å². The number of para-hydroxylation sites is 1. The molecule has 4 N–H and O–H groups in total. The van der Waals surface area contributed by atoms with Gasteiger partial charge in [-0.2, -0.15) is 0 Å². The predicted octanol–water partition coefficient (Wildman–Crippen LogP) is 1.67. The number of amidine groups is 2. The summed E-state index contributed by atoms with van der Waals surface area (Å²) in [5, 5.41) is 14.6. The lowest BCUT2D eigenvalue weighted by Crippen LogP contribution is -2.46. The van der Waals surface area contributed by atoms with Gasteiger partial charge in [0.05, 0.1) is 18.4 Å². The van der Waals surface area contributed by atoms with Crippen molar-refractivity contribution in [3.8, 4) is 5.75 Å². The summed E-state index contributed by atoms with van der Waals surface area (Å²) >= 11 is -1.86. The van der Waals surface area contributed by atoms with Gasteiger partial charge in [0.1, 0.15) is 11.4 Å². The van der Waals surface area contributed by atoms with E-state index in [4.69, 9.17) is 10.3 Å². The number of hydrazine groups is 1. The molecular formula is C19H24N6O4S. The number of hydrogen-bond donors (Lipinski definition) is 3. The minimum absolute atomic E-state index is 0.0636. The number of hydrogen-bond acceptors (Lipinski definition) is 7. The first kappa shape index (κ1) is 21.5. The van der Waals surface area contributed by atoms with Crippen molar-refractivity contribution in [2.75, 3.05) is 19.1 Å². The van der Waals surface area contributed by atoms with Gasteiger partial charge in [0, 0.05) is 14.1 Å². The fourth-order valence-corrected chi connectivity index (χ4v) is 3.41. The van der Waals surface area contributed by atoms with Gasteiger partial charge in [0.2, 0.25) is 5.84 Å². The first-order chi connectivity index (χ1) is 14.2. The SMILES string of the molecule is CC(C)c1coc(CNC2=NS(=O)N=C2N(N)c2cccc(C(=O)N(C)C)c2O)c1. The number of furan rings is 1. The minimum Gasteiger partial charge on any atom is -0.505 e. The number of nitrogens with two attached hydrogens (primary N) is 1. The number of carbonyl (C=O) groups is 1. The Morgan fingerprint density at radius 1 is 1.33 bits per heavy atom. The summed E-state index contributed by atoms with van der Waals surface area (Å²) in [5.41, 5.74) is 1.26. The maximum absolute atomic E-state index is 12.3. The van der Waals surface area contributed by atoms with Crippen LogP contribution in [0.15, 0.2) is 43.7 Å². The zero-order valence-electron chi connectivity index (χ0n) is 17.1. The number of nitrogens with one attached hydrogen (secondary N) is 1. The van der Waals surface area contributed by atoms with E-state index < -0.39 is 11.2 Å². The fraction of sp³-hybridized carbons (Fsp3) is 0.316. The summed E-state index contributed by atoms with van der Waals surface area (Å²) in [4.78, 5) is 13.6. The standard InChI is InChI=1S/C19H24N6O4S/c1-11(2)12-8-13(29-10-12)9-21-17-18(23-30(28)22-17)25(20)15-7-5-6-14(16(15)26)19(27)24(3)4/h5-8,10-11,26H,9,20H2,1-4H3,(H,21,22). The molecule has 11 heteroatoms. The van der Waals surface area contributed by atoms with Crippen molar-refractivity contribution in [2.24, 2.45) is 14.6 Å². The van der Waals surface area contributed by atoms with Gasteiger partial charge < -0.3 is 19.7 Å². The Morgan fingerprint density at radius 3 is 2.70 bits per heavy atom. The van der Waals surface area contributed by atoms with Crippen LogP contribution in [0, 0.1) is 0 Å². The Balaban J connectivity index is 1.81. The van der Waals surface area contributed by atoms with Crippen LogP contribution in [0.1, 0.15) is 41.4 Å². The second kappa shape index (κ2) is 8.67. The lowest BCUT2D eigenvalue weighted by molar-refractivity contribution is 0.0824. The molecule has 2 aromatic rings. The number of phenolic OH excluding ortho intramolecular Hbond substituents is 1. The van der Waals surface area contributed by atoms with Crippen LogP contribution in [-0.2, 0) is 17.7 Å². The van der Waals surface area contributed by atoms with Crippen LogP contribution in [0.4, 0.5) is 5.69 Å². The van der Waals surface area contributed by atoms with Crippen molar-refractivity contribution in [2.45, 2.75) is 26.3 Å². The van der Waals surface area contributed by atoms with E-state index in [9.17, 15) is 14.1 Å². The van der Waals surface area contributed by atoms with Gasteiger partial charge in [-0.1, -0.05) is 19.9 Å². The van der Waals surface area contributed by atoms with Gasteiger partial charge in [-0.05, 0) is 29.7 Å². The maximum Gasteiger partial charge on any atom is 0.269 e. The number of nitrogens with zero attached hydrogens (tertiary/aromatic N) is 4. The van der Waals surface area contributed by atoms with E-state index in [2.05, 4.69) is 28.0 Å². The zero-order valence-corrected chi connectivity index (χ0v) is 17.9. The predicted molar refractivity (Wildman–Crippen MR) is 115 cm³/mol. The van der Waals surface area contributed by atoms with Gasteiger partial charge in [0.15, 0.2) is 11.6 Å². The third-order valence-corrected chi connectivity index (χ3v) is 5.12. The highest BCUT2D eigenvalue weighted by atomic mass is 32.2. The smallest absolute Gasteiger partial charge is 0.269 e. The van der Waals surface area contributed by atoms with Crippen LogP contribution in [0.3, 0.4) is 0 Å². The summed E-state index contributed by atoms with van der Waals surface area (Å²) in [6.07, 6.45) is 1.69. The second-order valence-electron chi connectivity index (χ2n) is 7.18. The summed E-state index contributed by atoms with van der Waals surface area (Å²) in [6, 6.07) is 6.51. The molecule has 2 heterocycles. The first-order valence-electron chi connectivity index (χ1n) is 9.18. The molecule has 0 saturated carbocycles. The average Bonchev–Trinajstić information content (AvgIpc) is 3.32. The van der Waals surface area contributed by atoms with E-state index in [0.717, 1.165) is 10.6 Å². The molecular weight excluding hydrogens is 408 g/mol. The summed E-state index contributed by atoms with van der Waals surface area (Å²) in [6.45, 7) is 4.40. The van der Waals surface area contributed by atoms with Gasteiger partial charge in [-0.3, -0.25) is 9.80 Å². The Bertz CT molecular complexity index is 1040. The van der Waals surface area contributed by atoms with Crippen LogP contribution in [0.25, 0.3) is 0 Å². The second-order valence-corrected chi connectivity index (χ2v) is 8.01. The molecule has 0 saturated heterocycles. The molecule has 1 aromatic heterocycles. The van der Waals surface area contributed by atoms with Crippen LogP contribution in [0.2, 0.25) is 0 Å². The van der Waals surface area contributed by atoms with E-state index in [0.29, 0.717) is 11.7 Å². The van der Waals surface area contributed by atoms with E-state index in [1.54, 1.807) is 26.4 Å². The third kappa shape index (κ3) is 4.36. The lowest BCUT2D eigenvalue weighted by atomic mass is 10.1. The molecule has 0 aliphatic carbocycles. The number of carbonyl (C=O) groups excluding carboxylic acids is 1. The highest BCUT2D eigenvalue weighted by Crippen LogP contribution is 2.31. The number of rotatable bonds is 5. The highest BCUT2D eigenvalue weighted by molar-refractivity contribution is 7.83. The highest BCUT2D eigenvalue weighted by Gasteiger charge is 2.27. The Hall–Kier alpha value is -3.18. The fourth-order valence-electron chi connectivity index (χ4n) is 2.74. The largest absolute Gasteiger partial charge is 0.505 e. The van der Waals surface area contributed by atoms with Gasteiger partial charge >= 0.3 is 0 Å². The number of amides is 1. The number of phenols is 1. The summed E-state index contributed by atoms with van der Waals surface area (Å²) < 4.78 is 25.3. The van der Waals surface area contributed by atoms with Crippen LogP contribution in [-0.4, -0.2) is 45.9 Å². The van der Waals surface area contributed by atoms with Crippen molar-refractivity contribution >= 4 is 34.4 Å². The normalized spacial score (nSPS) is 15.7. The zero-order chi connectivity index (χ0) is 22.0. The van der Waals surface area contributed by atoms with Gasteiger partial charge in [-0.15, -0.1) is 8.80 Å². The lowest BCUT2D eigenvalue weighted by Gasteiger charge is -2.22. The van der Waals surface area contributed by atoms with Gasteiger partial charge in [-0.25, -0.2) is 10.1 Å². The molecule has 3 rings (SSSR count). The van der Waals surface area contributed by atoms with Crippen molar-refractivity contribution in [3.05, 3.63) is 47.4 Å². The first-order valence-corrected chi connectivity index (χ1v) is 10.2. The molecule has 0 spiro atoms. The molecule has 1 aromatic carbocycles. The minimum atomic E-state index is -1.86. The molecule has 1 amide bonds. The quantitative estimate of drug-likeness (QED) is 0.483. The number of aromatic hydroxyl groups is 1. The number of benzene rings is 1. The van der Waals surface area contributed by atoms with Crippen molar-refractivity contribution in [1.29, 1.82) is 0 Å². The Labute approximate surface area is 176 Å². The van der Waals surface area contributed by atoms with Crippen molar-refractivity contribution < 1.29 is 18.5 Å². The van der Waals surface area contributed by atoms with Crippen LogP contribution < -0.4 is 16.2 Å². The molecule has 1 aliphatic rings. The van der Waals surface area contributed by atoms with E-state index in [1.165, 1.54) is 17.0 Å². The molecule has 30 heavy (non-hydrogen) atoms. The molecule has 0 fully saturated rings. The van der Waals surface area contributed by atoms with Crippen molar-refractivity contribution in [3.63, 3.8) is 0 Å². The van der Waals surface area contributed by atoms with Crippen molar-refractivity contribution in [1.82, 2.24) is 10.2 Å². The Kier molecular flexibility index (Phi) is 6.22. The molecule has 10 nitrogen and oxygen atoms in total. The average molecular weight is 433 g/mol. The van der Waals surface area contributed by atoms with E-state index in [1.807, 2.05) is 6.07 Å². The molecule has 160 valence electrons. The molecule has 1 unspecified atom stereocenters. The molecule has 1 aliphatic heterocycles. The topological polar surface area (TPSA) is 137 Å². The third-order valence-electron chi connectivity index (χ3n) is 4.46. The van der Waals surface area contributed by atoms with E-state index >= 15 is 0 Å². The molecule has 0 bridgehead atoms. The molecule has 0 radical (unpaired) electrons. The van der Waals surface area contributed by atoms with Crippen LogP contribution in [0.5, 0.6) is 5.75 Å². The number of anilines is 1. The van der Waals surface area contributed by atoms with E-state index in [-0.39, 0.29) is 41.1 Å². The summed E-state index contributed by atoms with van der Waals surface area (Å²) in [5.74, 6) is 6.70. The molecule has 1 atom stereocenters.